The molecule has 1 amide bonds. The fourth-order valence-electron chi connectivity index (χ4n) is 0.919. The largest absolute Gasteiger partial charge is 0.494 e. The van der Waals surface area contributed by atoms with Crippen molar-refractivity contribution in [2.75, 3.05) is 12.8 Å². The van der Waals surface area contributed by atoms with Gasteiger partial charge in [0, 0.05) is 0 Å². The Morgan fingerprint density at radius 1 is 1.69 bits per heavy atom. The number of hydrogen-bond acceptors (Lipinski definition) is 4. The van der Waals surface area contributed by atoms with E-state index in [0.717, 1.165) is 0 Å². The monoisotopic (exact) mass is 179 g/mol. The summed E-state index contributed by atoms with van der Waals surface area (Å²) < 4.78 is 4.90. The summed E-state index contributed by atoms with van der Waals surface area (Å²) in [5.74, 6) is -0.214. The van der Waals surface area contributed by atoms with Gasteiger partial charge in [0.2, 0.25) is 0 Å². The van der Waals surface area contributed by atoms with Crippen molar-refractivity contribution < 1.29 is 9.53 Å². The second-order valence-corrected chi connectivity index (χ2v) is 2.27. The zero-order chi connectivity index (χ0) is 9.84. The van der Waals surface area contributed by atoms with E-state index >= 15 is 0 Å². The molecule has 0 saturated carbocycles. The van der Waals surface area contributed by atoms with E-state index in [1.54, 1.807) is 0 Å². The first-order chi connectivity index (χ1) is 6.20. The molecule has 0 aliphatic rings. The van der Waals surface area contributed by atoms with E-state index in [2.05, 4.69) is 16.7 Å². The number of nitrogen functional groups attached to an aromatic ring is 1. The van der Waals surface area contributed by atoms with E-state index in [0.29, 0.717) is 5.75 Å². The Morgan fingerprint density at radius 3 is 2.92 bits per heavy atom. The van der Waals surface area contributed by atoms with Crippen molar-refractivity contribution in [2.24, 2.45) is 4.99 Å². The minimum absolute atomic E-state index is 0.201. The smallest absolute Gasteiger partial charge is 0.282 e. The molecule has 0 aliphatic heterocycles. The van der Waals surface area contributed by atoms with E-state index in [1.807, 2.05) is 0 Å². The number of anilines is 1. The number of amides is 1. The third-order valence-corrected chi connectivity index (χ3v) is 1.52. The van der Waals surface area contributed by atoms with Crippen LogP contribution in [-0.4, -0.2) is 24.7 Å². The third-order valence-electron chi connectivity index (χ3n) is 1.52. The maximum Gasteiger partial charge on any atom is 0.282 e. The van der Waals surface area contributed by atoms with Crippen molar-refractivity contribution in [3.8, 4) is 5.75 Å². The number of nitrogens with two attached hydrogens (primary N) is 1. The summed E-state index contributed by atoms with van der Waals surface area (Å²) in [6, 6.07) is 0. The molecular formula is C8H9N3O2. The zero-order valence-electron chi connectivity index (χ0n) is 7.15. The molecule has 2 N–H and O–H groups in total. The van der Waals surface area contributed by atoms with E-state index < -0.39 is 5.91 Å². The molecule has 13 heavy (non-hydrogen) atoms. The van der Waals surface area contributed by atoms with Crippen LogP contribution in [0.15, 0.2) is 17.4 Å². The summed E-state index contributed by atoms with van der Waals surface area (Å²) >= 11 is 0. The number of aliphatic imine (C=N–C) groups is 1. The van der Waals surface area contributed by atoms with E-state index in [4.69, 9.17) is 10.5 Å². The van der Waals surface area contributed by atoms with Gasteiger partial charge in [-0.3, -0.25) is 9.78 Å². The molecule has 1 rings (SSSR count). The van der Waals surface area contributed by atoms with Crippen LogP contribution in [-0.2, 0) is 0 Å². The highest BCUT2D eigenvalue weighted by Crippen LogP contribution is 2.22. The first-order valence-electron chi connectivity index (χ1n) is 3.49. The number of rotatable bonds is 2. The van der Waals surface area contributed by atoms with Crippen LogP contribution in [0.25, 0.3) is 0 Å². The molecule has 1 aromatic rings. The summed E-state index contributed by atoms with van der Waals surface area (Å²) in [5, 5.41) is 0. The van der Waals surface area contributed by atoms with Gasteiger partial charge in [0.05, 0.1) is 25.2 Å². The van der Waals surface area contributed by atoms with E-state index in [-0.39, 0.29) is 11.3 Å². The van der Waals surface area contributed by atoms with Crippen molar-refractivity contribution in [2.45, 2.75) is 0 Å². The van der Waals surface area contributed by atoms with Crippen LogP contribution in [0.5, 0.6) is 5.75 Å². The highest BCUT2D eigenvalue weighted by atomic mass is 16.5. The van der Waals surface area contributed by atoms with Crippen LogP contribution in [0, 0.1) is 0 Å². The molecule has 1 aromatic heterocycles. The summed E-state index contributed by atoms with van der Waals surface area (Å²) in [4.78, 5) is 18.2. The predicted octanol–water partition coefficient (Wildman–Crippen LogP) is 0.513. The molecule has 68 valence electrons. The quantitative estimate of drug-likeness (QED) is 0.671. The minimum atomic E-state index is -0.517. The Morgan fingerprint density at radius 2 is 2.38 bits per heavy atom. The van der Waals surface area contributed by atoms with Crippen LogP contribution >= 0.6 is 0 Å². The number of ether oxygens (including phenoxy) is 1. The molecular weight excluding hydrogens is 170 g/mol. The molecule has 0 atom stereocenters. The van der Waals surface area contributed by atoms with Gasteiger partial charge in [0.15, 0.2) is 5.75 Å². The third kappa shape index (κ3) is 1.64. The predicted molar refractivity (Wildman–Crippen MR) is 49.1 cm³/mol. The van der Waals surface area contributed by atoms with Crippen molar-refractivity contribution in [1.29, 1.82) is 0 Å². The Bertz CT molecular complexity index is 349. The van der Waals surface area contributed by atoms with Crippen molar-refractivity contribution >= 4 is 18.3 Å². The topological polar surface area (TPSA) is 77.6 Å². The maximum atomic E-state index is 11.2. The van der Waals surface area contributed by atoms with Crippen LogP contribution in [0.4, 0.5) is 5.69 Å². The zero-order valence-corrected chi connectivity index (χ0v) is 7.15. The van der Waals surface area contributed by atoms with Crippen molar-refractivity contribution in [3.63, 3.8) is 0 Å². The summed E-state index contributed by atoms with van der Waals surface area (Å²) in [7, 11) is 1.43. The lowest BCUT2D eigenvalue weighted by molar-refractivity contribution is 0.100. The highest BCUT2D eigenvalue weighted by Gasteiger charge is 2.14. The van der Waals surface area contributed by atoms with Gasteiger partial charge >= 0.3 is 0 Å². The average molecular weight is 179 g/mol. The van der Waals surface area contributed by atoms with Gasteiger partial charge in [0.1, 0.15) is 5.56 Å². The molecule has 0 aromatic carbocycles. The van der Waals surface area contributed by atoms with E-state index in [1.165, 1.54) is 19.5 Å². The highest BCUT2D eigenvalue weighted by molar-refractivity contribution is 6.03. The normalized spacial score (nSPS) is 9.31. The Labute approximate surface area is 75.3 Å². The number of carbonyl (C=O) groups excluding carboxylic acids is 1. The molecule has 5 heteroatoms. The van der Waals surface area contributed by atoms with Gasteiger partial charge in [-0.15, -0.1) is 0 Å². The van der Waals surface area contributed by atoms with Gasteiger partial charge in [-0.2, -0.15) is 0 Å². The molecule has 0 spiro atoms. The first kappa shape index (κ1) is 9.18. The lowest BCUT2D eigenvalue weighted by Crippen LogP contribution is -2.04. The Kier molecular flexibility index (Phi) is 2.59. The Balaban J connectivity index is 3.30. The molecule has 0 unspecified atom stereocenters. The maximum absolute atomic E-state index is 11.2. The van der Waals surface area contributed by atoms with Gasteiger partial charge in [-0.25, -0.2) is 4.99 Å². The van der Waals surface area contributed by atoms with Gasteiger partial charge in [-0.05, 0) is 6.72 Å². The molecule has 0 saturated heterocycles. The van der Waals surface area contributed by atoms with Gasteiger partial charge < -0.3 is 10.5 Å². The fourth-order valence-corrected chi connectivity index (χ4v) is 0.919. The standard InChI is InChI=1S/C8H9N3O2/c1-10-8(12)7-5(9)3-11-4-6(7)13-2/h3-4H,1,9H2,2H3. The van der Waals surface area contributed by atoms with Crippen LogP contribution in [0.3, 0.4) is 0 Å². The second-order valence-electron chi connectivity index (χ2n) is 2.27. The average Bonchev–Trinajstić information content (AvgIpc) is 2.16. The van der Waals surface area contributed by atoms with Crippen LogP contribution in [0.2, 0.25) is 0 Å². The van der Waals surface area contributed by atoms with Crippen molar-refractivity contribution in [1.82, 2.24) is 4.98 Å². The van der Waals surface area contributed by atoms with Crippen LogP contribution < -0.4 is 10.5 Å². The van der Waals surface area contributed by atoms with Crippen LogP contribution in [0.1, 0.15) is 10.4 Å². The van der Waals surface area contributed by atoms with Crippen molar-refractivity contribution in [3.05, 3.63) is 18.0 Å². The number of carbonyl (C=O) groups is 1. The molecule has 0 radical (unpaired) electrons. The number of pyridine rings is 1. The SMILES string of the molecule is C=NC(=O)c1c(N)cncc1OC. The molecule has 1 heterocycles. The fraction of sp³-hybridized carbons (Fsp3) is 0.125. The molecule has 5 nitrogen and oxygen atoms in total. The lowest BCUT2D eigenvalue weighted by Gasteiger charge is -2.05. The number of hydrogen-bond donors (Lipinski definition) is 1. The second kappa shape index (κ2) is 3.66. The van der Waals surface area contributed by atoms with Gasteiger partial charge in [0.25, 0.3) is 5.91 Å². The lowest BCUT2D eigenvalue weighted by atomic mass is 10.2. The summed E-state index contributed by atoms with van der Waals surface area (Å²) in [6.07, 6.45) is 2.76. The number of nitrogens with zero attached hydrogens (tertiary/aromatic N) is 2. The van der Waals surface area contributed by atoms with E-state index in [9.17, 15) is 4.79 Å². The van der Waals surface area contributed by atoms with Gasteiger partial charge in [-0.1, -0.05) is 0 Å². The summed E-state index contributed by atoms with van der Waals surface area (Å²) in [6.45, 7) is 3.12. The molecule has 0 fully saturated rings. The number of aromatic nitrogens is 1. The first-order valence-corrected chi connectivity index (χ1v) is 3.49. The number of methoxy groups -OCH3 is 1. The molecule has 0 bridgehead atoms. The minimum Gasteiger partial charge on any atom is -0.494 e. The Hall–Kier alpha value is -1.91. The summed E-state index contributed by atoms with van der Waals surface area (Å²) in [5.41, 5.74) is 5.96. The molecule has 0 aliphatic carbocycles.